The average Bonchev–Trinajstić information content (AvgIpc) is 3.26. The van der Waals surface area contributed by atoms with Crippen molar-refractivity contribution in [2.45, 2.75) is 19.0 Å². The third-order valence-corrected chi connectivity index (χ3v) is 4.80. The van der Waals surface area contributed by atoms with Crippen molar-refractivity contribution in [1.29, 1.82) is 0 Å². The number of para-hydroxylation sites is 1. The van der Waals surface area contributed by atoms with Crippen LogP contribution < -0.4 is 10.6 Å². The summed E-state index contributed by atoms with van der Waals surface area (Å²) in [6.07, 6.45) is 0.609. The van der Waals surface area contributed by atoms with Crippen molar-refractivity contribution in [2.75, 3.05) is 4.90 Å². The molecule has 0 fully saturated rings. The molecule has 3 aromatic rings. The summed E-state index contributed by atoms with van der Waals surface area (Å²) in [5, 5.41) is 5.97. The van der Waals surface area contributed by atoms with Crippen LogP contribution in [0.25, 0.3) is 10.7 Å². The molecule has 116 valence electrons. The number of aromatic nitrogens is 2. The van der Waals surface area contributed by atoms with E-state index in [0.29, 0.717) is 24.7 Å². The van der Waals surface area contributed by atoms with Crippen LogP contribution in [0.1, 0.15) is 11.5 Å². The van der Waals surface area contributed by atoms with Gasteiger partial charge in [-0.15, -0.1) is 11.3 Å². The van der Waals surface area contributed by atoms with E-state index in [4.69, 9.17) is 10.3 Å². The number of nitrogens with two attached hydrogens (primary N) is 1. The number of rotatable bonds is 4. The lowest BCUT2D eigenvalue weighted by molar-refractivity contribution is -0.119. The van der Waals surface area contributed by atoms with Crippen molar-refractivity contribution in [3.63, 3.8) is 0 Å². The Hall–Kier alpha value is -2.67. The molecule has 1 aliphatic rings. The molecule has 0 spiro atoms. The second-order valence-corrected chi connectivity index (χ2v) is 6.32. The summed E-state index contributed by atoms with van der Waals surface area (Å²) in [7, 11) is 0. The Morgan fingerprint density at radius 2 is 2.22 bits per heavy atom. The third-order valence-electron chi connectivity index (χ3n) is 3.93. The van der Waals surface area contributed by atoms with E-state index in [1.165, 1.54) is 0 Å². The van der Waals surface area contributed by atoms with Gasteiger partial charge in [-0.3, -0.25) is 4.79 Å². The van der Waals surface area contributed by atoms with Crippen molar-refractivity contribution in [1.82, 2.24) is 10.1 Å². The number of amides is 1. The minimum atomic E-state index is -0.385. The smallest absolute Gasteiger partial charge is 0.246 e. The number of primary amides is 1. The highest BCUT2D eigenvalue weighted by Crippen LogP contribution is 2.33. The van der Waals surface area contributed by atoms with E-state index in [0.717, 1.165) is 16.1 Å². The molecule has 4 rings (SSSR count). The summed E-state index contributed by atoms with van der Waals surface area (Å²) < 4.78 is 5.35. The van der Waals surface area contributed by atoms with Crippen molar-refractivity contribution < 1.29 is 9.32 Å². The van der Waals surface area contributed by atoms with Gasteiger partial charge in [0.15, 0.2) is 0 Å². The molecule has 23 heavy (non-hydrogen) atoms. The average molecular weight is 326 g/mol. The highest BCUT2D eigenvalue weighted by atomic mass is 32.1. The van der Waals surface area contributed by atoms with Crippen molar-refractivity contribution in [2.24, 2.45) is 5.73 Å². The van der Waals surface area contributed by atoms with Gasteiger partial charge in [0.2, 0.25) is 17.6 Å². The van der Waals surface area contributed by atoms with Crippen molar-refractivity contribution in [3.05, 3.63) is 53.2 Å². The first kappa shape index (κ1) is 14.0. The van der Waals surface area contributed by atoms with E-state index in [1.807, 2.05) is 46.7 Å². The molecule has 0 saturated carbocycles. The largest absolute Gasteiger partial charge is 0.368 e. The summed E-state index contributed by atoms with van der Waals surface area (Å²) >= 11 is 1.55. The molecule has 1 amide bonds. The number of thiophene rings is 1. The second kappa shape index (κ2) is 5.51. The molecule has 3 heterocycles. The predicted molar refractivity (Wildman–Crippen MR) is 86.9 cm³/mol. The predicted octanol–water partition coefficient (Wildman–Crippen LogP) is 2.21. The summed E-state index contributed by atoms with van der Waals surface area (Å²) in [5.74, 6) is 0.689. The van der Waals surface area contributed by atoms with Crippen LogP contribution in [0.4, 0.5) is 5.69 Å². The van der Waals surface area contributed by atoms with E-state index >= 15 is 0 Å². The fourth-order valence-corrected chi connectivity index (χ4v) is 3.52. The van der Waals surface area contributed by atoms with Crippen LogP contribution in [-0.2, 0) is 17.8 Å². The number of anilines is 1. The highest BCUT2D eigenvalue weighted by molar-refractivity contribution is 7.13. The minimum Gasteiger partial charge on any atom is -0.368 e. The molecule has 1 atom stereocenters. The fourth-order valence-electron chi connectivity index (χ4n) is 2.87. The molecule has 0 saturated heterocycles. The van der Waals surface area contributed by atoms with Crippen LogP contribution in [-0.4, -0.2) is 22.1 Å². The maximum Gasteiger partial charge on any atom is 0.246 e. The Kier molecular flexibility index (Phi) is 3.34. The molecule has 7 heteroatoms. The van der Waals surface area contributed by atoms with Gasteiger partial charge < -0.3 is 15.2 Å². The van der Waals surface area contributed by atoms with Crippen LogP contribution in [0.3, 0.4) is 0 Å². The number of fused-ring (bicyclic) bond motifs is 1. The van der Waals surface area contributed by atoms with E-state index in [1.54, 1.807) is 11.3 Å². The zero-order valence-corrected chi connectivity index (χ0v) is 13.0. The Bertz CT molecular complexity index is 843. The fraction of sp³-hybridized carbons (Fsp3) is 0.188. The van der Waals surface area contributed by atoms with Gasteiger partial charge in [-0.1, -0.05) is 29.4 Å². The molecule has 0 radical (unpaired) electrons. The molecule has 2 aromatic heterocycles. The van der Waals surface area contributed by atoms with Crippen LogP contribution in [0.5, 0.6) is 0 Å². The highest BCUT2D eigenvalue weighted by Gasteiger charge is 2.33. The number of carbonyl (C=O) groups is 1. The third kappa shape index (κ3) is 2.49. The quantitative estimate of drug-likeness (QED) is 0.794. The second-order valence-electron chi connectivity index (χ2n) is 5.37. The number of carbonyl (C=O) groups excluding carboxylic acids is 1. The van der Waals surface area contributed by atoms with E-state index in [-0.39, 0.29) is 11.9 Å². The zero-order valence-electron chi connectivity index (χ0n) is 12.2. The van der Waals surface area contributed by atoms with Crippen LogP contribution >= 0.6 is 11.3 Å². The Morgan fingerprint density at radius 1 is 1.35 bits per heavy atom. The minimum absolute atomic E-state index is 0.348. The Labute approximate surface area is 136 Å². The normalized spacial score (nSPS) is 16.5. The van der Waals surface area contributed by atoms with Crippen LogP contribution in [0.15, 0.2) is 46.3 Å². The molecular formula is C16H14N4O2S. The zero-order chi connectivity index (χ0) is 15.8. The van der Waals surface area contributed by atoms with Gasteiger partial charge in [-0.25, -0.2) is 0 Å². The van der Waals surface area contributed by atoms with E-state index in [9.17, 15) is 4.79 Å². The van der Waals surface area contributed by atoms with Crippen molar-refractivity contribution >= 4 is 22.9 Å². The van der Waals surface area contributed by atoms with Gasteiger partial charge in [-0.2, -0.15) is 4.98 Å². The first-order valence-corrected chi connectivity index (χ1v) is 8.10. The van der Waals surface area contributed by atoms with Crippen LogP contribution in [0, 0.1) is 0 Å². The standard InChI is InChI=1S/C16H14N4O2S/c17-15(21)12-8-10-4-1-2-5-11(10)20(12)9-14-18-16(19-22-14)13-6-3-7-23-13/h1-7,12H,8-9H2,(H2,17,21)/t12-/m0/s1. The maximum absolute atomic E-state index is 11.8. The topological polar surface area (TPSA) is 85.3 Å². The molecule has 1 aliphatic heterocycles. The summed E-state index contributed by atoms with van der Waals surface area (Å²) in [6, 6.07) is 11.4. The molecular weight excluding hydrogens is 312 g/mol. The van der Waals surface area contributed by atoms with Gasteiger partial charge >= 0.3 is 0 Å². The number of hydrogen-bond acceptors (Lipinski definition) is 6. The molecule has 0 bridgehead atoms. The number of hydrogen-bond donors (Lipinski definition) is 1. The molecule has 1 aromatic carbocycles. The van der Waals surface area contributed by atoms with Crippen molar-refractivity contribution in [3.8, 4) is 10.7 Å². The van der Waals surface area contributed by atoms with Crippen LogP contribution in [0.2, 0.25) is 0 Å². The molecule has 2 N–H and O–H groups in total. The number of benzene rings is 1. The first-order valence-electron chi connectivity index (χ1n) is 7.22. The monoisotopic (exact) mass is 326 g/mol. The van der Waals surface area contributed by atoms with Gasteiger partial charge in [0.25, 0.3) is 0 Å². The van der Waals surface area contributed by atoms with Gasteiger partial charge in [0.05, 0.1) is 11.4 Å². The molecule has 0 unspecified atom stereocenters. The Morgan fingerprint density at radius 3 is 3.00 bits per heavy atom. The Balaban J connectivity index is 1.63. The summed E-state index contributed by atoms with van der Waals surface area (Å²) in [5.41, 5.74) is 7.66. The molecule has 6 nitrogen and oxygen atoms in total. The lowest BCUT2D eigenvalue weighted by Gasteiger charge is -2.23. The van der Waals surface area contributed by atoms with Gasteiger partial charge in [0, 0.05) is 12.1 Å². The summed E-state index contributed by atoms with van der Waals surface area (Å²) in [6.45, 7) is 0.364. The summed E-state index contributed by atoms with van der Waals surface area (Å²) in [4.78, 5) is 19.1. The van der Waals surface area contributed by atoms with Gasteiger partial charge in [0.1, 0.15) is 6.04 Å². The van der Waals surface area contributed by atoms with E-state index in [2.05, 4.69) is 10.1 Å². The SMILES string of the molecule is NC(=O)[C@@H]1Cc2ccccc2N1Cc1nc(-c2cccs2)no1. The van der Waals surface area contributed by atoms with Gasteiger partial charge in [-0.05, 0) is 23.1 Å². The molecule has 0 aliphatic carbocycles. The lowest BCUT2D eigenvalue weighted by Crippen LogP contribution is -2.42. The number of nitrogens with zero attached hydrogens (tertiary/aromatic N) is 3. The maximum atomic E-state index is 11.8. The first-order chi connectivity index (χ1) is 11.2. The lowest BCUT2D eigenvalue weighted by atomic mass is 10.1. The van der Waals surface area contributed by atoms with E-state index < -0.39 is 0 Å².